The molecule has 2 rings (SSSR count). The molecule has 1 amide bonds. The number of nitrogens with two attached hydrogens (primary N) is 1. The van der Waals surface area contributed by atoms with Crippen LogP contribution in [0.3, 0.4) is 0 Å². The van der Waals surface area contributed by atoms with Crippen LogP contribution in [0.25, 0.3) is 0 Å². The van der Waals surface area contributed by atoms with Crippen molar-refractivity contribution in [1.29, 1.82) is 0 Å². The van der Waals surface area contributed by atoms with Crippen LogP contribution >= 0.6 is 0 Å². The molecule has 1 atom stereocenters. The molecule has 0 bridgehead atoms. The second-order valence-corrected chi connectivity index (χ2v) is 6.11. The second-order valence-electron chi connectivity index (χ2n) is 6.11. The number of hydrogen-bond acceptors (Lipinski definition) is 3. The highest BCUT2D eigenvalue weighted by molar-refractivity contribution is 5.76. The van der Waals surface area contributed by atoms with Crippen molar-refractivity contribution in [3.8, 4) is 0 Å². The molecule has 2 aliphatic heterocycles. The molecule has 2 saturated heterocycles. The first-order valence-corrected chi connectivity index (χ1v) is 7.98. The predicted molar refractivity (Wildman–Crippen MR) is 77.9 cm³/mol. The zero-order chi connectivity index (χ0) is 13.7. The standard InChI is InChI=1S/C15H29N3O/c1-2-5-13(16)12-15(19)18-10-6-14(7-11-18)17-8-3-4-9-17/h13-14H,2-12,16H2,1H3. The Kier molecular flexibility index (Phi) is 5.64. The molecule has 4 nitrogen and oxygen atoms in total. The Bertz CT molecular complexity index is 281. The molecule has 2 fully saturated rings. The van der Waals surface area contributed by atoms with Gasteiger partial charge in [-0.2, -0.15) is 0 Å². The fourth-order valence-corrected chi connectivity index (χ4v) is 3.41. The SMILES string of the molecule is CCCC(N)CC(=O)N1CCC(N2CCCC2)CC1. The third kappa shape index (κ3) is 4.18. The van der Waals surface area contributed by atoms with Gasteiger partial charge in [0.05, 0.1) is 0 Å². The van der Waals surface area contributed by atoms with Crippen molar-refractivity contribution in [2.75, 3.05) is 26.2 Å². The molecule has 2 aliphatic rings. The van der Waals surface area contributed by atoms with E-state index < -0.39 is 0 Å². The third-order valence-corrected chi connectivity index (χ3v) is 4.57. The van der Waals surface area contributed by atoms with E-state index in [2.05, 4.69) is 11.8 Å². The van der Waals surface area contributed by atoms with Crippen LogP contribution in [0.4, 0.5) is 0 Å². The molecule has 0 aromatic rings. The Morgan fingerprint density at radius 3 is 2.42 bits per heavy atom. The van der Waals surface area contributed by atoms with E-state index in [0.717, 1.165) is 44.8 Å². The van der Waals surface area contributed by atoms with Crippen LogP contribution in [0, 0.1) is 0 Å². The van der Waals surface area contributed by atoms with Gasteiger partial charge in [0.2, 0.25) is 5.91 Å². The first-order valence-electron chi connectivity index (χ1n) is 7.98. The van der Waals surface area contributed by atoms with Gasteiger partial charge in [0.25, 0.3) is 0 Å². The zero-order valence-corrected chi connectivity index (χ0v) is 12.3. The second kappa shape index (κ2) is 7.25. The summed E-state index contributed by atoms with van der Waals surface area (Å²) in [7, 11) is 0. The van der Waals surface area contributed by atoms with Crippen molar-refractivity contribution in [1.82, 2.24) is 9.80 Å². The molecule has 0 aromatic heterocycles. The summed E-state index contributed by atoms with van der Waals surface area (Å²) < 4.78 is 0. The number of carbonyl (C=O) groups is 1. The van der Waals surface area contributed by atoms with Crippen LogP contribution in [0.1, 0.15) is 51.9 Å². The summed E-state index contributed by atoms with van der Waals surface area (Å²) in [5.74, 6) is 0.265. The van der Waals surface area contributed by atoms with Crippen LogP contribution < -0.4 is 5.73 Å². The van der Waals surface area contributed by atoms with Gasteiger partial charge in [0, 0.05) is 31.6 Å². The van der Waals surface area contributed by atoms with Gasteiger partial charge in [-0.15, -0.1) is 0 Å². The quantitative estimate of drug-likeness (QED) is 0.823. The minimum Gasteiger partial charge on any atom is -0.343 e. The maximum atomic E-state index is 12.1. The van der Waals surface area contributed by atoms with E-state index in [9.17, 15) is 4.79 Å². The monoisotopic (exact) mass is 267 g/mol. The number of rotatable bonds is 5. The summed E-state index contributed by atoms with van der Waals surface area (Å²) in [5.41, 5.74) is 5.96. The van der Waals surface area contributed by atoms with Crippen molar-refractivity contribution in [3.63, 3.8) is 0 Å². The lowest BCUT2D eigenvalue weighted by Crippen LogP contribution is -2.46. The number of hydrogen-bond donors (Lipinski definition) is 1. The highest BCUT2D eigenvalue weighted by atomic mass is 16.2. The van der Waals surface area contributed by atoms with Gasteiger partial charge in [-0.25, -0.2) is 0 Å². The van der Waals surface area contributed by atoms with Gasteiger partial charge in [-0.3, -0.25) is 4.79 Å². The largest absolute Gasteiger partial charge is 0.343 e. The molecular weight excluding hydrogens is 238 g/mol. The molecule has 19 heavy (non-hydrogen) atoms. The number of nitrogens with zero attached hydrogens (tertiary/aromatic N) is 2. The van der Waals surface area contributed by atoms with Gasteiger partial charge >= 0.3 is 0 Å². The van der Waals surface area contributed by atoms with E-state index in [4.69, 9.17) is 5.73 Å². The van der Waals surface area contributed by atoms with E-state index in [1.165, 1.54) is 25.9 Å². The molecule has 0 radical (unpaired) electrons. The fourth-order valence-electron chi connectivity index (χ4n) is 3.41. The first-order chi connectivity index (χ1) is 9.20. The molecule has 2 N–H and O–H groups in total. The minimum absolute atomic E-state index is 0.0498. The number of piperidine rings is 1. The van der Waals surface area contributed by atoms with Gasteiger partial charge in [-0.1, -0.05) is 13.3 Å². The lowest BCUT2D eigenvalue weighted by atomic mass is 10.0. The maximum absolute atomic E-state index is 12.1. The predicted octanol–water partition coefficient (Wildman–Crippen LogP) is 1.59. The summed E-state index contributed by atoms with van der Waals surface area (Å²) in [5, 5.41) is 0. The van der Waals surface area contributed by atoms with Gasteiger partial charge in [-0.05, 0) is 45.2 Å². The van der Waals surface area contributed by atoms with Crippen molar-refractivity contribution >= 4 is 5.91 Å². The summed E-state index contributed by atoms with van der Waals surface area (Å²) in [6.07, 6.45) is 7.54. The third-order valence-electron chi connectivity index (χ3n) is 4.57. The number of amides is 1. The van der Waals surface area contributed by atoms with E-state index in [-0.39, 0.29) is 11.9 Å². The molecule has 0 aromatic carbocycles. The van der Waals surface area contributed by atoms with Crippen LogP contribution in [0.5, 0.6) is 0 Å². The van der Waals surface area contributed by atoms with Crippen LogP contribution in [0.15, 0.2) is 0 Å². The van der Waals surface area contributed by atoms with Crippen LogP contribution in [-0.4, -0.2) is 54.0 Å². The van der Waals surface area contributed by atoms with E-state index in [1.54, 1.807) is 0 Å². The Balaban J connectivity index is 1.71. The highest BCUT2D eigenvalue weighted by Gasteiger charge is 2.28. The number of carbonyl (C=O) groups excluding carboxylic acids is 1. The molecule has 4 heteroatoms. The average Bonchev–Trinajstić information content (AvgIpc) is 2.93. The fraction of sp³-hybridized carbons (Fsp3) is 0.933. The smallest absolute Gasteiger partial charge is 0.224 e. The first kappa shape index (κ1) is 14.8. The lowest BCUT2D eigenvalue weighted by molar-refractivity contribution is -0.133. The zero-order valence-electron chi connectivity index (χ0n) is 12.3. The minimum atomic E-state index is 0.0498. The Labute approximate surface area is 117 Å². The van der Waals surface area contributed by atoms with Gasteiger partial charge in [0.1, 0.15) is 0 Å². The van der Waals surface area contributed by atoms with Crippen molar-refractivity contribution in [2.24, 2.45) is 5.73 Å². The van der Waals surface area contributed by atoms with Crippen molar-refractivity contribution in [3.05, 3.63) is 0 Å². The van der Waals surface area contributed by atoms with Crippen LogP contribution in [0.2, 0.25) is 0 Å². The van der Waals surface area contributed by atoms with Crippen molar-refractivity contribution < 1.29 is 4.79 Å². The summed E-state index contributed by atoms with van der Waals surface area (Å²) in [6.45, 7) is 6.50. The van der Waals surface area contributed by atoms with E-state index in [0.29, 0.717) is 6.42 Å². The summed E-state index contributed by atoms with van der Waals surface area (Å²) >= 11 is 0. The van der Waals surface area contributed by atoms with E-state index >= 15 is 0 Å². The molecule has 0 saturated carbocycles. The van der Waals surface area contributed by atoms with Gasteiger partial charge in [0.15, 0.2) is 0 Å². The molecule has 0 spiro atoms. The topological polar surface area (TPSA) is 49.6 Å². The van der Waals surface area contributed by atoms with E-state index in [1.807, 2.05) is 4.90 Å². The molecule has 1 unspecified atom stereocenters. The Hall–Kier alpha value is -0.610. The Morgan fingerprint density at radius 2 is 1.84 bits per heavy atom. The Morgan fingerprint density at radius 1 is 1.21 bits per heavy atom. The van der Waals surface area contributed by atoms with Gasteiger partial charge < -0.3 is 15.5 Å². The molecule has 110 valence electrons. The van der Waals surface area contributed by atoms with Crippen LogP contribution in [-0.2, 0) is 4.79 Å². The molecule has 2 heterocycles. The number of likely N-dealkylation sites (tertiary alicyclic amines) is 2. The summed E-state index contributed by atoms with van der Waals surface area (Å²) in [4.78, 5) is 16.8. The molecule has 0 aliphatic carbocycles. The lowest BCUT2D eigenvalue weighted by Gasteiger charge is -2.37. The normalized spacial score (nSPS) is 23.8. The average molecular weight is 267 g/mol. The molecular formula is C15H29N3O. The maximum Gasteiger partial charge on any atom is 0.224 e. The summed E-state index contributed by atoms with van der Waals surface area (Å²) in [6, 6.07) is 0.768. The highest BCUT2D eigenvalue weighted by Crippen LogP contribution is 2.21. The van der Waals surface area contributed by atoms with Crippen molar-refractivity contribution in [2.45, 2.75) is 64.0 Å².